The predicted octanol–water partition coefficient (Wildman–Crippen LogP) is 4.49. The summed E-state index contributed by atoms with van der Waals surface area (Å²) in [6.45, 7) is 2.64. The van der Waals surface area contributed by atoms with Gasteiger partial charge in [0, 0.05) is 12.6 Å². The molecule has 2 rings (SSSR count). The molecular formula is C15H16F3NS. The maximum absolute atomic E-state index is 12.4. The highest BCUT2D eigenvalue weighted by atomic mass is 32.1. The Morgan fingerprint density at radius 1 is 1.10 bits per heavy atom. The van der Waals surface area contributed by atoms with Gasteiger partial charge in [-0.25, -0.2) is 0 Å². The fraction of sp³-hybridized carbons (Fsp3) is 0.333. The second-order valence-electron chi connectivity index (χ2n) is 4.81. The van der Waals surface area contributed by atoms with Crippen molar-refractivity contribution in [2.75, 3.05) is 0 Å². The summed E-state index contributed by atoms with van der Waals surface area (Å²) >= 11 is 1.67. The summed E-state index contributed by atoms with van der Waals surface area (Å²) in [5, 5.41) is 7.47. The van der Waals surface area contributed by atoms with Gasteiger partial charge in [0.2, 0.25) is 0 Å². The molecule has 0 spiro atoms. The Morgan fingerprint density at radius 2 is 1.80 bits per heavy atom. The molecule has 0 aliphatic rings. The van der Waals surface area contributed by atoms with E-state index in [1.54, 1.807) is 11.3 Å². The molecule has 1 nitrogen and oxygen atoms in total. The maximum atomic E-state index is 12.4. The highest BCUT2D eigenvalue weighted by Crippen LogP contribution is 2.29. The first-order chi connectivity index (χ1) is 9.45. The van der Waals surface area contributed by atoms with Crippen LogP contribution in [0.2, 0.25) is 0 Å². The van der Waals surface area contributed by atoms with Gasteiger partial charge < -0.3 is 5.32 Å². The fourth-order valence-electron chi connectivity index (χ4n) is 1.94. The molecule has 0 bridgehead atoms. The van der Waals surface area contributed by atoms with Crippen LogP contribution in [-0.2, 0) is 19.1 Å². The molecule has 0 amide bonds. The van der Waals surface area contributed by atoms with Crippen molar-refractivity contribution in [3.8, 4) is 0 Å². The van der Waals surface area contributed by atoms with Gasteiger partial charge in [0.1, 0.15) is 0 Å². The molecule has 1 aromatic heterocycles. The number of hydrogen-bond donors (Lipinski definition) is 1. The number of thiophene rings is 1. The quantitative estimate of drug-likeness (QED) is 0.858. The highest BCUT2D eigenvalue weighted by Gasteiger charge is 2.29. The average molecular weight is 299 g/mol. The van der Waals surface area contributed by atoms with Crippen LogP contribution in [0.25, 0.3) is 0 Å². The third kappa shape index (κ3) is 4.35. The monoisotopic (exact) mass is 299 g/mol. The summed E-state index contributed by atoms with van der Waals surface area (Å²) in [4.78, 5) is 0. The maximum Gasteiger partial charge on any atom is 0.416 e. The van der Waals surface area contributed by atoms with Crippen LogP contribution in [0.1, 0.15) is 23.6 Å². The van der Waals surface area contributed by atoms with E-state index < -0.39 is 11.7 Å². The topological polar surface area (TPSA) is 12.0 Å². The van der Waals surface area contributed by atoms with Crippen molar-refractivity contribution in [2.24, 2.45) is 0 Å². The summed E-state index contributed by atoms with van der Waals surface area (Å²) < 4.78 is 37.3. The molecule has 0 saturated carbocycles. The van der Waals surface area contributed by atoms with Crippen molar-refractivity contribution in [1.82, 2.24) is 5.32 Å². The lowest BCUT2D eigenvalue weighted by Crippen LogP contribution is -2.27. The summed E-state index contributed by atoms with van der Waals surface area (Å²) in [5.41, 5.74) is 1.53. The van der Waals surface area contributed by atoms with Crippen molar-refractivity contribution < 1.29 is 13.2 Å². The number of hydrogen-bond acceptors (Lipinski definition) is 2. The van der Waals surface area contributed by atoms with E-state index in [0.717, 1.165) is 24.1 Å². The molecule has 20 heavy (non-hydrogen) atoms. The van der Waals surface area contributed by atoms with E-state index in [1.807, 2.05) is 5.38 Å². The van der Waals surface area contributed by atoms with Gasteiger partial charge in [0.25, 0.3) is 0 Å². The molecule has 1 unspecified atom stereocenters. The summed E-state index contributed by atoms with van der Waals surface area (Å²) in [6.07, 6.45) is -3.34. The van der Waals surface area contributed by atoms with Crippen LogP contribution in [0.5, 0.6) is 0 Å². The van der Waals surface area contributed by atoms with Crippen LogP contribution >= 0.6 is 11.3 Å². The Morgan fingerprint density at radius 3 is 2.35 bits per heavy atom. The van der Waals surface area contributed by atoms with E-state index >= 15 is 0 Å². The molecule has 0 fully saturated rings. The number of halogens is 3. The zero-order chi connectivity index (χ0) is 14.6. The molecule has 1 atom stereocenters. The van der Waals surface area contributed by atoms with Crippen LogP contribution in [0.4, 0.5) is 13.2 Å². The van der Waals surface area contributed by atoms with Crippen molar-refractivity contribution in [1.29, 1.82) is 0 Å². The highest BCUT2D eigenvalue weighted by molar-refractivity contribution is 7.07. The molecule has 0 aliphatic heterocycles. The number of alkyl halides is 3. The number of benzene rings is 1. The van der Waals surface area contributed by atoms with E-state index in [4.69, 9.17) is 0 Å². The number of nitrogens with one attached hydrogen (secondary N) is 1. The SMILES string of the molecule is CC(Cc1ccsc1)NCc1ccc(C(F)(F)F)cc1. The normalized spacial score (nSPS) is 13.4. The molecule has 1 heterocycles. The van der Waals surface area contributed by atoms with Crippen molar-refractivity contribution in [3.63, 3.8) is 0 Å². The Kier molecular flexibility index (Phi) is 4.83. The van der Waals surface area contributed by atoms with Gasteiger partial charge >= 0.3 is 6.18 Å². The largest absolute Gasteiger partial charge is 0.416 e. The lowest BCUT2D eigenvalue weighted by molar-refractivity contribution is -0.137. The van der Waals surface area contributed by atoms with E-state index in [1.165, 1.54) is 17.7 Å². The molecule has 1 aromatic carbocycles. The molecule has 108 valence electrons. The molecular weight excluding hydrogens is 283 g/mol. The second kappa shape index (κ2) is 6.41. The molecule has 1 N–H and O–H groups in total. The summed E-state index contributed by atoms with van der Waals surface area (Å²) in [7, 11) is 0. The predicted molar refractivity (Wildman–Crippen MR) is 75.8 cm³/mol. The Hall–Kier alpha value is -1.33. The van der Waals surface area contributed by atoms with Crippen molar-refractivity contribution in [3.05, 3.63) is 57.8 Å². The zero-order valence-electron chi connectivity index (χ0n) is 11.1. The van der Waals surface area contributed by atoms with Crippen LogP contribution in [0.15, 0.2) is 41.1 Å². The smallest absolute Gasteiger partial charge is 0.310 e. The van der Waals surface area contributed by atoms with E-state index in [2.05, 4.69) is 23.7 Å². The van der Waals surface area contributed by atoms with Crippen LogP contribution < -0.4 is 5.32 Å². The minimum absolute atomic E-state index is 0.284. The van der Waals surface area contributed by atoms with Gasteiger partial charge in [0.15, 0.2) is 0 Å². The lowest BCUT2D eigenvalue weighted by atomic mass is 10.1. The van der Waals surface area contributed by atoms with Gasteiger partial charge in [-0.3, -0.25) is 0 Å². The van der Waals surface area contributed by atoms with Gasteiger partial charge in [-0.2, -0.15) is 24.5 Å². The summed E-state index contributed by atoms with van der Waals surface area (Å²) in [5.74, 6) is 0. The molecule has 0 radical (unpaired) electrons. The van der Waals surface area contributed by atoms with Crippen molar-refractivity contribution >= 4 is 11.3 Å². The van der Waals surface area contributed by atoms with E-state index in [-0.39, 0.29) is 6.04 Å². The van der Waals surface area contributed by atoms with Gasteiger partial charge in [-0.1, -0.05) is 12.1 Å². The Bertz CT molecular complexity index is 517. The lowest BCUT2D eigenvalue weighted by Gasteiger charge is -2.13. The van der Waals surface area contributed by atoms with Crippen LogP contribution in [0, 0.1) is 0 Å². The molecule has 5 heteroatoms. The Balaban J connectivity index is 1.84. The van der Waals surface area contributed by atoms with E-state index in [9.17, 15) is 13.2 Å². The molecule has 2 aromatic rings. The molecule has 0 aliphatic carbocycles. The second-order valence-corrected chi connectivity index (χ2v) is 5.59. The minimum Gasteiger partial charge on any atom is -0.310 e. The average Bonchev–Trinajstić information content (AvgIpc) is 2.88. The van der Waals surface area contributed by atoms with E-state index in [0.29, 0.717) is 6.54 Å². The van der Waals surface area contributed by atoms with Gasteiger partial charge in [0.05, 0.1) is 5.56 Å². The standard InChI is InChI=1S/C15H16F3NS/c1-11(8-13-6-7-20-10-13)19-9-12-2-4-14(5-3-12)15(16,17)18/h2-7,10-11,19H,8-9H2,1H3. The van der Waals surface area contributed by atoms with Gasteiger partial charge in [-0.15, -0.1) is 0 Å². The fourth-order valence-corrected chi connectivity index (χ4v) is 2.62. The first-order valence-corrected chi connectivity index (χ1v) is 7.30. The number of rotatable bonds is 5. The van der Waals surface area contributed by atoms with Gasteiger partial charge in [-0.05, 0) is 53.4 Å². The third-order valence-electron chi connectivity index (χ3n) is 3.06. The summed E-state index contributed by atoms with van der Waals surface area (Å²) in [6, 6.07) is 7.66. The zero-order valence-corrected chi connectivity index (χ0v) is 11.9. The first-order valence-electron chi connectivity index (χ1n) is 6.36. The Labute approximate surface area is 120 Å². The van der Waals surface area contributed by atoms with Crippen LogP contribution in [-0.4, -0.2) is 6.04 Å². The molecule has 0 saturated heterocycles. The minimum atomic E-state index is -4.27. The third-order valence-corrected chi connectivity index (χ3v) is 3.79. The van der Waals surface area contributed by atoms with Crippen LogP contribution in [0.3, 0.4) is 0 Å². The van der Waals surface area contributed by atoms with Crippen molar-refractivity contribution in [2.45, 2.75) is 32.1 Å². The first kappa shape index (κ1) is 15.1.